The Morgan fingerprint density at radius 3 is 3.05 bits per heavy atom. The molecule has 0 spiro atoms. The van der Waals surface area contributed by atoms with Crippen molar-refractivity contribution < 1.29 is 0 Å². The summed E-state index contributed by atoms with van der Waals surface area (Å²) >= 11 is 3.62. The first-order valence-corrected chi connectivity index (χ1v) is 7.60. The van der Waals surface area contributed by atoms with Crippen molar-refractivity contribution in [1.29, 1.82) is 0 Å². The molecule has 0 amide bonds. The fourth-order valence-corrected chi connectivity index (χ4v) is 2.91. The van der Waals surface area contributed by atoms with Gasteiger partial charge in [-0.2, -0.15) is 4.98 Å². The van der Waals surface area contributed by atoms with Crippen LogP contribution in [0, 0.1) is 6.92 Å². The highest BCUT2D eigenvalue weighted by molar-refractivity contribution is 9.10. The molecule has 2 N–H and O–H groups in total. The zero-order chi connectivity index (χ0) is 14.1. The van der Waals surface area contributed by atoms with E-state index in [2.05, 4.69) is 61.2 Å². The molecule has 0 saturated carbocycles. The molecule has 0 bridgehead atoms. The van der Waals surface area contributed by atoms with E-state index in [0.29, 0.717) is 6.04 Å². The fourth-order valence-electron chi connectivity index (χ4n) is 2.46. The standard InChI is InChI=1S/C14H18BrN5/c1-9-4-3-5-11(12(9)15)13-17-14(19-18-13)20-7-6-16-10(2)8-20/h3-5,10,16H,6-8H2,1-2H3,(H,17,18,19)/t10-/m1/s1. The number of anilines is 1. The minimum Gasteiger partial charge on any atom is -0.337 e. The number of aryl methyl sites for hydroxylation is 1. The summed E-state index contributed by atoms with van der Waals surface area (Å²) in [6.45, 7) is 7.10. The van der Waals surface area contributed by atoms with E-state index in [-0.39, 0.29) is 0 Å². The van der Waals surface area contributed by atoms with Crippen LogP contribution < -0.4 is 10.2 Å². The molecule has 1 aliphatic rings. The van der Waals surface area contributed by atoms with Gasteiger partial charge in [-0.3, -0.25) is 5.10 Å². The molecule has 106 valence electrons. The lowest BCUT2D eigenvalue weighted by atomic mass is 10.1. The first kappa shape index (κ1) is 13.6. The largest absolute Gasteiger partial charge is 0.337 e. The minimum atomic E-state index is 0.469. The lowest BCUT2D eigenvalue weighted by Gasteiger charge is -2.30. The van der Waals surface area contributed by atoms with E-state index >= 15 is 0 Å². The van der Waals surface area contributed by atoms with E-state index in [1.807, 2.05) is 12.1 Å². The van der Waals surface area contributed by atoms with Crippen molar-refractivity contribution in [2.45, 2.75) is 19.9 Å². The van der Waals surface area contributed by atoms with Crippen LogP contribution in [-0.4, -0.2) is 40.9 Å². The van der Waals surface area contributed by atoms with Crippen LogP contribution in [0.5, 0.6) is 0 Å². The Morgan fingerprint density at radius 2 is 2.25 bits per heavy atom. The lowest BCUT2D eigenvalue weighted by Crippen LogP contribution is -2.49. The minimum absolute atomic E-state index is 0.469. The van der Waals surface area contributed by atoms with Gasteiger partial charge in [0.1, 0.15) is 0 Å². The third kappa shape index (κ3) is 2.58. The molecule has 0 unspecified atom stereocenters. The lowest BCUT2D eigenvalue weighted by molar-refractivity contribution is 0.480. The molecule has 1 saturated heterocycles. The van der Waals surface area contributed by atoms with E-state index in [1.165, 1.54) is 5.56 Å². The summed E-state index contributed by atoms with van der Waals surface area (Å²) in [6, 6.07) is 6.62. The Kier molecular flexibility index (Phi) is 3.76. The van der Waals surface area contributed by atoms with E-state index in [9.17, 15) is 0 Å². The molecule has 1 aromatic carbocycles. The van der Waals surface area contributed by atoms with Crippen LogP contribution in [-0.2, 0) is 0 Å². The molecule has 3 rings (SSSR count). The number of nitrogens with one attached hydrogen (secondary N) is 2. The predicted octanol–water partition coefficient (Wildman–Crippen LogP) is 2.34. The molecular weight excluding hydrogens is 318 g/mol. The number of rotatable bonds is 2. The predicted molar refractivity (Wildman–Crippen MR) is 83.9 cm³/mol. The van der Waals surface area contributed by atoms with Gasteiger partial charge in [-0.1, -0.05) is 18.2 Å². The Bertz CT molecular complexity index is 609. The average Bonchev–Trinajstić information content (AvgIpc) is 2.91. The first-order chi connectivity index (χ1) is 9.65. The molecule has 2 heterocycles. The highest BCUT2D eigenvalue weighted by Crippen LogP contribution is 2.29. The Labute approximate surface area is 126 Å². The van der Waals surface area contributed by atoms with Gasteiger partial charge in [0.05, 0.1) is 0 Å². The van der Waals surface area contributed by atoms with Crippen LogP contribution in [0.2, 0.25) is 0 Å². The number of piperazine rings is 1. The van der Waals surface area contributed by atoms with Gasteiger partial charge in [-0.05, 0) is 35.3 Å². The highest BCUT2D eigenvalue weighted by Gasteiger charge is 2.20. The topological polar surface area (TPSA) is 56.8 Å². The van der Waals surface area contributed by atoms with Crippen LogP contribution in [0.1, 0.15) is 12.5 Å². The summed E-state index contributed by atoms with van der Waals surface area (Å²) in [7, 11) is 0. The molecule has 1 aromatic heterocycles. The van der Waals surface area contributed by atoms with Crippen molar-refractivity contribution in [3.05, 3.63) is 28.2 Å². The van der Waals surface area contributed by atoms with E-state index < -0.39 is 0 Å². The Hall–Kier alpha value is -1.40. The van der Waals surface area contributed by atoms with Gasteiger partial charge in [0.25, 0.3) is 0 Å². The maximum absolute atomic E-state index is 4.64. The van der Waals surface area contributed by atoms with Gasteiger partial charge in [0.2, 0.25) is 5.95 Å². The summed E-state index contributed by atoms with van der Waals surface area (Å²) < 4.78 is 1.07. The first-order valence-electron chi connectivity index (χ1n) is 6.81. The summed E-state index contributed by atoms with van der Waals surface area (Å²) in [5, 5.41) is 10.8. The number of nitrogens with zero attached hydrogens (tertiary/aromatic N) is 3. The summed E-state index contributed by atoms with van der Waals surface area (Å²) in [5.41, 5.74) is 2.24. The number of halogens is 1. The van der Waals surface area contributed by atoms with Gasteiger partial charge in [0, 0.05) is 35.7 Å². The zero-order valence-corrected chi connectivity index (χ0v) is 13.2. The Balaban J connectivity index is 1.88. The monoisotopic (exact) mass is 335 g/mol. The second-order valence-electron chi connectivity index (χ2n) is 5.22. The van der Waals surface area contributed by atoms with Gasteiger partial charge in [-0.15, -0.1) is 5.10 Å². The number of aromatic nitrogens is 3. The van der Waals surface area contributed by atoms with Gasteiger partial charge in [-0.25, -0.2) is 0 Å². The van der Waals surface area contributed by atoms with Crippen molar-refractivity contribution in [2.24, 2.45) is 0 Å². The third-order valence-corrected chi connectivity index (χ3v) is 4.62. The summed E-state index contributed by atoms with van der Waals surface area (Å²) in [6.07, 6.45) is 0. The van der Waals surface area contributed by atoms with Crippen LogP contribution in [0.25, 0.3) is 11.4 Å². The number of hydrogen-bond acceptors (Lipinski definition) is 4. The quantitative estimate of drug-likeness (QED) is 0.884. The molecule has 0 aliphatic carbocycles. The van der Waals surface area contributed by atoms with E-state index in [1.54, 1.807) is 0 Å². The number of aromatic amines is 1. The maximum Gasteiger partial charge on any atom is 0.245 e. The van der Waals surface area contributed by atoms with Gasteiger partial charge >= 0.3 is 0 Å². The molecule has 6 heteroatoms. The van der Waals surface area contributed by atoms with Crippen molar-refractivity contribution in [1.82, 2.24) is 20.5 Å². The van der Waals surface area contributed by atoms with E-state index in [4.69, 9.17) is 0 Å². The van der Waals surface area contributed by atoms with Crippen molar-refractivity contribution in [3.8, 4) is 11.4 Å². The second-order valence-corrected chi connectivity index (χ2v) is 6.01. The third-order valence-electron chi connectivity index (χ3n) is 3.57. The maximum atomic E-state index is 4.64. The number of benzene rings is 1. The van der Waals surface area contributed by atoms with Gasteiger partial charge in [0.15, 0.2) is 5.82 Å². The Morgan fingerprint density at radius 1 is 1.40 bits per heavy atom. The molecule has 5 nitrogen and oxygen atoms in total. The zero-order valence-electron chi connectivity index (χ0n) is 11.7. The number of H-pyrrole nitrogens is 1. The molecule has 0 radical (unpaired) electrons. The smallest absolute Gasteiger partial charge is 0.245 e. The molecule has 1 aliphatic heterocycles. The van der Waals surface area contributed by atoms with Crippen molar-refractivity contribution in [3.63, 3.8) is 0 Å². The molecular formula is C14H18BrN5. The molecule has 2 aromatic rings. The van der Waals surface area contributed by atoms with Gasteiger partial charge < -0.3 is 10.2 Å². The van der Waals surface area contributed by atoms with E-state index in [0.717, 1.165) is 41.4 Å². The molecule has 1 fully saturated rings. The van der Waals surface area contributed by atoms with Crippen LogP contribution >= 0.6 is 15.9 Å². The molecule has 20 heavy (non-hydrogen) atoms. The van der Waals surface area contributed by atoms with Crippen LogP contribution in [0.15, 0.2) is 22.7 Å². The second kappa shape index (κ2) is 5.54. The van der Waals surface area contributed by atoms with Crippen molar-refractivity contribution >= 4 is 21.9 Å². The average molecular weight is 336 g/mol. The molecule has 1 atom stereocenters. The normalized spacial score (nSPS) is 19.4. The van der Waals surface area contributed by atoms with Crippen molar-refractivity contribution in [2.75, 3.05) is 24.5 Å². The SMILES string of the molecule is Cc1cccc(-c2nc(N3CCN[C@H](C)C3)n[nH]2)c1Br. The highest BCUT2D eigenvalue weighted by atomic mass is 79.9. The fraction of sp³-hybridized carbons (Fsp3) is 0.429. The van der Waals surface area contributed by atoms with Crippen LogP contribution in [0.3, 0.4) is 0 Å². The van der Waals surface area contributed by atoms with Crippen LogP contribution in [0.4, 0.5) is 5.95 Å². The number of hydrogen-bond donors (Lipinski definition) is 2. The summed E-state index contributed by atoms with van der Waals surface area (Å²) in [4.78, 5) is 6.86. The summed E-state index contributed by atoms with van der Waals surface area (Å²) in [5.74, 6) is 1.59.